The van der Waals surface area contributed by atoms with Crippen LogP contribution in [0.2, 0.25) is 0 Å². The van der Waals surface area contributed by atoms with Gasteiger partial charge < -0.3 is 5.73 Å². The van der Waals surface area contributed by atoms with E-state index < -0.39 is 9.84 Å². The highest BCUT2D eigenvalue weighted by Gasteiger charge is 2.29. The number of hydrogen-bond donors (Lipinski definition) is 1. The summed E-state index contributed by atoms with van der Waals surface area (Å²) in [5.74, 6) is 0.355. The van der Waals surface area contributed by atoms with Crippen molar-refractivity contribution in [3.63, 3.8) is 0 Å². The summed E-state index contributed by atoms with van der Waals surface area (Å²) in [6, 6.07) is 8.45. The van der Waals surface area contributed by atoms with Gasteiger partial charge in [-0.1, -0.05) is 12.1 Å². The van der Waals surface area contributed by atoms with E-state index in [0.717, 1.165) is 5.56 Å². The molecule has 1 aromatic carbocycles. The standard InChI is InChI=1S/C15H16N4O2S2/c1-9-5-4-6-11(7-9)23(20,21)13-14-17-10(2)8-12(16)19(14)18-15(13)22-3/h4-8H,16H2,1-3H3. The van der Waals surface area contributed by atoms with Crippen LogP contribution < -0.4 is 5.73 Å². The third-order valence-corrected chi connectivity index (χ3v) is 6.02. The highest BCUT2D eigenvalue weighted by molar-refractivity contribution is 7.99. The van der Waals surface area contributed by atoms with Crippen molar-refractivity contribution in [1.29, 1.82) is 0 Å². The normalized spacial score (nSPS) is 12.0. The number of thioether (sulfide) groups is 1. The molecule has 3 rings (SSSR count). The van der Waals surface area contributed by atoms with Gasteiger partial charge in [0.15, 0.2) is 10.5 Å². The molecule has 2 N–H and O–H groups in total. The van der Waals surface area contributed by atoms with E-state index >= 15 is 0 Å². The Labute approximate surface area is 138 Å². The number of fused-ring (bicyclic) bond motifs is 1. The summed E-state index contributed by atoms with van der Waals surface area (Å²) in [4.78, 5) is 4.68. The Hall–Kier alpha value is -2.06. The van der Waals surface area contributed by atoms with Crippen LogP contribution in [0.5, 0.6) is 0 Å². The monoisotopic (exact) mass is 348 g/mol. The van der Waals surface area contributed by atoms with Crippen molar-refractivity contribution in [3.8, 4) is 0 Å². The third kappa shape index (κ3) is 2.57. The second kappa shape index (κ2) is 5.54. The average molecular weight is 348 g/mol. The second-order valence-corrected chi connectivity index (χ2v) is 7.90. The number of nitrogens with two attached hydrogens (primary N) is 1. The first-order valence-electron chi connectivity index (χ1n) is 6.86. The second-order valence-electron chi connectivity index (χ2n) is 5.22. The molecule has 8 heteroatoms. The van der Waals surface area contributed by atoms with Crippen molar-refractivity contribution < 1.29 is 8.42 Å². The quantitative estimate of drug-likeness (QED) is 0.731. The predicted octanol–water partition coefficient (Wildman–Crippen LogP) is 2.48. The number of anilines is 1. The van der Waals surface area contributed by atoms with E-state index in [-0.39, 0.29) is 15.4 Å². The van der Waals surface area contributed by atoms with Crippen LogP contribution >= 0.6 is 11.8 Å². The fraction of sp³-hybridized carbons (Fsp3) is 0.200. The van der Waals surface area contributed by atoms with Crippen LogP contribution in [0.3, 0.4) is 0 Å². The van der Waals surface area contributed by atoms with Crippen molar-refractivity contribution in [2.24, 2.45) is 0 Å². The maximum atomic E-state index is 13.1. The van der Waals surface area contributed by atoms with E-state index in [1.165, 1.54) is 16.3 Å². The van der Waals surface area contributed by atoms with Crippen LogP contribution in [-0.2, 0) is 9.84 Å². The topological polar surface area (TPSA) is 90.3 Å². The van der Waals surface area contributed by atoms with Crippen LogP contribution in [-0.4, -0.2) is 29.3 Å². The Morgan fingerprint density at radius 1 is 1.22 bits per heavy atom. The van der Waals surface area contributed by atoms with Crippen LogP contribution in [0.25, 0.3) is 5.65 Å². The molecule has 0 amide bonds. The summed E-state index contributed by atoms with van der Waals surface area (Å²) in [6.45, 7) is 3.62. The zero-order valence-electron chi connectivity index (χ0n) is 12.9. The van der Waals surface area contributed by atoms with Gasteiger partial charge in [0.1, 0.15) is 10.8 Å². The Balaban J connectivity index is 2.39. The summed E-state index contributed by atoms with van der Waals surface area (Å²) in [7, 11) is -3.74. The summed E-state index contributed by atoms with van der Waals surface area (Å²) in [6.07, 6.45) is 1.78. The third-order valence-electron chi connectivity index (χ3n) is 3.43. The molecule has 0 aliphatic heterocycles. The maximum Gasteiger partial charge on any atom is 0.213 e. The molecule has 0 fully saturated rings. The van der Waals surface area contributed by atoms with Crippen molar-refractivity contribution >= 4 is 33.1 Å². The Kier molecular flexibility index (Phi) is 3.81. The lowest BCUT2D eigenvalue weighted by molar-refractivity contribution is 0.594. The van der Waals surface area contributed by atoms with Crippen molar-refractivity contribution in [2.45, 2.75) is 28.7 Å². The molecule has 0 aliphatic carbocycles. The number of nitrogen functional groups attached to an aromatic ring is 1. The van der Waals surface area contributed by atoms with Crippen molar-refractivity contribution in [3.05, 3.63) is 41.6 Å². The van der Waals surface area contributed by atoms with Crippen LogP contribution in [0.4, 0.5) is 5.82 Å². The van der Waals surface area contributed by atoms with Gasteiger partial charge in [0.25, 0.3) is 0 Å². The molecule has 0 radical (unpaired) electrons. The van der Waals surface area contributed by atoms with Crippen LogP contribution in [0.1, 0.15) is 11.3 Å². The summed E-state index contributed by atoms with van der Waals surface area (Å²) in [5, 5.41) is 4.68. The average Bonchev–Trinajstić information content (AvgIpc) is 2.86. The molecule has 2 aromatic heterocycles. The fourth-order valence-electron chi connectivity index (χ4n) is 2.40. The number of benzene rings is 1. The van der Waals surface area contributed by atoms with E-state index in [0.29, 0.717) is 16.5 Å². The molecule has 0 spiro atoms. The van der Waals surface area contributed by atoms with Gasteiger partial charge in [0.05, 0.1) is 4.90 Å². The molecule has 0 unspecified atom stereocenters. The fourth-order valence-corrected chi connectivity index (χ4v) is 4.89. The van der Waals surface area contributed by atoms with Crippen molar-refractivity contribution in [1.82, 2.24) is 14.6 Å². The van der Waals surface area contributed by atoms with Crippen molar-refractivity contribution in [2.75, 3.05) is 12.0 Å². The first-order chi connectivity index (χ1) is 10.8. The lowest BCUT2D eigenvalue weighted by atomic mass is 10.2. The zero-order chi connectivity index (χ0) is 16.8. The predicted molar refractivity (Wildman–Crippen MR) is 90.5 cm³/mol. The van der Waals surface area contributed by atoms with Crippen LogP contribution in [0.15, 0.2) is 45.1 Å². The summed E-state index contributed by atoms with van der Waals surface area (Å²) in [5.41, 5.74) is 7.73. The Bertz CT molecular complexity index is 1010. The number of sulfone groups is 1. The van der Waals surface area contributed by atoms with Gasteiger partial charge in [0, 0.05) is 11.8 Å². The molecule has 23 heavy (non-hydrogen) atoms. The van der Waals surface area contributed by atoms with Gasteiger partial charge in [-0.05, 0) is 37.8 Å². The van der Waals surface area contributed by atoms with E-state index in [1.807, 2.05) is 13.0 Å². The molecule has 0 bridgehead atoms. The highest BCUT2D eigenvalue weighted by Crippen LogP contribution is 2.33. The van der Waals surface area contributed by atoms with Gasteiger partial charge in [-0.25, -0.2) is 13.4 Å². The minimum absolute atomic E-state index is 0.103. The first kappa shape index (κ1) is 15.8. The molecule has 0 aliphatic rings. The first-order valence-corrected chi connectivity index (χ1v) is 9.57. The molecule has 3 aromatic rings. The number of hydrogen-bond acceptors (Lipinski definition) is 6. The van der Waals surface area contributed by atoms with Gasteiger partial charge in [0.2, 0.25) is 9.84 Å². The molecular formula is C15H16N4O2S2. The number of rotatable bonds is 3. The molecule has 6 nitrogen and oxygen atoms in total. The molecule has 120 valence electrons. The molecule has 0 atom stereocenters. The Morgan fingerprint density at radius 2 is 1.96 bits per heavy atom. The van der Waals surface area contributed by atoms with E-state index in [1.54, 1.807) is 37.4 Å². The summed E-state index contributed by atoms with van der Waals surface area (Å²) < 4.78 is 27.6. The van der Waals surface area contributed by atoms with Gasteiger partial charge in [-0.2, -0.15) is 9.61 Å². The largest absolute Gasteiger partial charge is 0.384 e. The van der Waals surface area contributed by atoms with E-state index in [9.17, 15) is 8.42 Å². The smallest absolute Gasteiger partial charge is 0.213 e. The number of aromatic nitrogens is 3. The van der Waals surface area contributed by atoms with E-state index in [2.05, 4.69) is 10.1 Å². The lowest BCUT2D eigenvalue weighted by Gasteiger charge is -2.06. The highest BCUT2D eigenvalue weighted by atomic mass is 32.2. The minimum Gasteiger partial charge on any atom is -0.384 e. The number of nitrogens with zero attached hydrogens (tertiary/aromatic N) is 3. The van der Waals surface area contributed by atoms with Gasteiger partial charge in [-0.3, -0.25) is 0 Å². The zero-order valence-corrected chi connectivity index (χ0v) is 14.6. The molecular weight excluding hydrogens is 332 g/mol. The lowest BCUT2D eigenvalue weighted by Crippen LogP contribution is -2.06. The van der Waals surface area contributed by atoms with Crippen LogP contribution in [0, 0.1) is 13.8 Å². The van der Waals surface area contributed by atoms with E-state index in [4.69, 9.17) is 5.73 Å². The number of aryl methyl sites for hydroxylation is 2. The Morgan fingerprint density at radius 3 is 2.61 bits per heavy atom. The molecule has 2 heterocycles. The van der Waals surface area contributed by atoms with Gasteiger partial charge >= 0.3 is 0 Å². The summed E-state index contributed by atoms with van der Waals surface area (Å²) >= 11 is 1.25. The maximum absolute atomic E-state index is 13.1. The minimum atomic E-state index is -3.74. The molecule has 0 saturated heterocycles. The van der Waals surface area contributed by atoms with Gasteiger partial charge in [-0.15, -0.1) is 11.8 Å². The SMILES string of the molecule is CSc1nn2c(N)cc(C)nc2c1S(=O)(=O)c1cccc(C)c1. The molecule has 0 saturated carbocycles.